The van der Waals surface area contributed by atoms with Gasteiger partial charge in [0.2, 0.25) is 0 Å². The molecule has 5 N–H and O–H groups in total. The fourth-order valence-corrected chi connectivity index (χ4v) is 3.52. The summed E-state index contributed by atoms with van der Waals surface area (Å²) in [5, 5.41) is 26.6. The second-order valence-corrected chi connectivity index (χ2v) is 7.89. The molecule has 2 aromatic carbocycles. The zero-order valence-electron chi connectivity index (χ0n) is 19.1. The van der Waals surface area contributed by atoms with E-state index in [9.17, 15) is 29.4 Å². The molecule has 1 aromatic heterocycles. The number of hydrogen-bond donors (Lipinski definition) is 5. The lowest BCUT2D eigenvalue weighted by Gasteiger charge is -2.18. The number of carboxylic acids is 1. The molecule has 0 fully saturated rings. The number of carbonyl (C=O) groups is 4. The number of aliphatic carboxylic acids is 1. The molecule has 0 aliphatic rings. The van der Waals surface area contributed by atoms with Crippen LogP contribution in [0.2, 0.25) is 0 Å². The first-order chi connectivity index (χ1) is 16.7. The predicted octanol–water partition coefficient (Wildman–Crippen LogP) is 2.15. The van der Waals surface area contributed by atoms with E-state index in [2.05, 4.69) is 16.0 Å². The number of nitrogens with one attached hydrogen (secondary N) is 3. The van der Waals surface area contributed by atoms with Crippen molar-refractivity contribution in [2.45, 2.75) is 26.4 Å². The number of phenolic OH excluding ortho intramolecular Hbond substituents is 1. The van der Waals surface area contributed by atoms with E-state index in [0.717, 1.165) is 5.56 Å². The largest absolute Gasteiger partial charge is 0.508 e. The van der Waals surface area contributed by atoms with Gasteiger partial charge in [-0.2, -0.15) is 0 Å². The van der Waals surface area contributed by atoms with Crippen LogP contribution in [0, 0.1) is 13.8 Å². The number of hydrogen-bond acceptors (Lipinski definition) is 6. The van der Waals surface area contributed by atoms with Crippen molar-refractivity contribution in [1.29, 1.82) is 0 Å². The van der Waals surface area contributed by atoms with Crippen molar-refractivity contribution in [2.24, 2.45) is 0 Å². The van der Waals surface area contributed by atoms with Crippen LogP contribution in [0.25, 0.3) is 0 Å². The van der Waals surface area contributed by atoms with Crippen LogP contribution in [-0.4, -0.2) is 46.5 Å². The van der Waals surface area contributed by atoms with E-state index in [-0.39, 0.29) is 36.1 Å². The third kappa shape index (κ3) is 6.47. The average Bonchev–Trinajstić information content (AvgIpc) is 3.34. The fourth-order valence-electron chi connectivity index (χ4n) is 3.52. The second-order valence-electron chi connectivity index (χ2n) is 7.89. The number of amides is 3. The predicted molar refractivity (Wildman–Crippen MR) is 125 cm³/mol. The van der Waals surface area contributed by atoms with Crippen molar-refractivity contribution in [1.82, 2.24) is 16.0 Å². The van der Waals surface area contributed by atoms with Crippen LogP contribution < -0.4 is 16.0 Å². The third-order valence-electron chi connectivity index (χ3n) is 5.20. The third-order valence-corrected chi connectivity index (χ3v) is 5.20. The molecule has 0 unspecified atom stereocenters. The number of benzene rings is 2. The molecule has 182 valence electrons. The van der Waals surface area contributed by atoms with Crippen molar-refractivity contribution < 1.29 is 33.8 Å². The minimum Gasteiger partial charge on any atom is -0.508 e. The van der Waals surface area contributed by atoms with Crippen molar-refractivity contribution in [3.8, 4) is 5.75 Å². The van der Waals surface area contributed by atoms with Gasteiger partial charge in [-0.05, 0) is 66.9 Å². The molecule has 3 amide bonds. The topological polar surface area (TPSA) is 158 Å². The maximum atomic E-state index is 12.9. The Labute approximate surface area is 201 Å². The molecule has 0 aliphatic heterocycles. The maximum absolute atomic E-state index is 12.9. The Balaban J connectivity index is 1.66. The molecule has 1 atom stereocenters. The minimum absolute atomic E-state index is 0.0186. The number of furan rings is 1. The fraction of sp³-hybridized carbons (Fsp3) is 0.200. The van der Waals surface area contributed by atoms with E-state index in [1.807, 2.05) is 0 Å². The van der Waals surface area contributed by atoms with Gasteiger partial charge in [0, 0.05) is 24.2 Å². The standard InChI is InChI=1S/C25H25N3O7/c1-14-9-17(22(30)26-12-16-5-3-6-18(29)11-16)10-15(2)21(14)24(32)28-19(25(33)34)13-27-23(31)20-7-4-8-35-20/h3-11,19,29H,12-13H2,1-2H3,(H,26,30)(H,27,31)(H,28,32)(H,33,34)/t19-/m0/s1. The number of aromatic hydroxyl groups is 1. The Kier molecular flexibility index (Phi) is 7.88. The van der Waals surface area contributed by atoms with Crippen LogP contribution in [0.4, 0.5) is 0 Å². The van der Waals surface area contributed by atoms with Crippen LogP contribution in [0.3, 0.4) is 0 Å². The SMILES string of the molecule is Cc1cc(C(=O)NCc2cccc(O)c2)cc(C)c1C(=O)N[C@@H](CNC(=O)c1ccco1)C(=O)O. The quantitative estimate of drug-likeness (QED) is 0.314. The molecule has 0 radical (unpaired) electrons. The molecule has 0 saturated carbocycles. The summed E-state index contributed by atoms with van der Waals surface area (Å²) >= 11 is 0. The molecule has 10 nitrogen and oxygen atoms in total. The minimum atomic E-state index is -1.38. The molecule has 3 rings (SSSR count). The molecule has 3 aromatic rings. The summed E-state index contributed by atoms with van der Waals surface area (Å²) in [7, 11) is 0. The van der Waals surface area contributed by atoms with Gasteiger partial charge in [-0.1, -0.05) is 12.1 Å². The summed E-state index contributed by atoms with van der Waals surface area (Å²) in [6.45, 7) is 3.14. The van der Waals surface area contributed by atoms with Crippen molar-refractivity contribution >= 4 is 23.7 Å². The monoisotopic (exact) mass is 479 g/mol. The van der Waals surface area contributed by atoms with Gasteiger partial charge in [0.1, 0.15) is 11.8 Å². The summed E-state index contributed by atoms with van der Waals surface area (Å²) in [6, 6.07) is 11.1. The van der Waals surface area contributed by atoms with Crippen LogP contribution in [0.5, 0.6) is 5.75 Å². The van der Waals surface area contributed by atoms with Crippen molar-refractivity contribution in [2.75, 3.05) is 6.54 Å². The van der Waals surface area contributed by atoms with Gasteiger partial charge in [-0.25, -0.2) is 4.79 Å². The Bertz CT molecular complexity index is 1230. The van der Waals surface area contributed by atoms with Crippen LogP contribution in [0.1, 0.15) is 48.0 Å². The highest BCUT2D eigenvalue weighted by Crippen LogP contribution is 2.18. The molecule has 1 heterocycles. The maximum Gasteiger partial charge on any atom is 0.328 e. The van der Waals surface area contributed by atoms with E-state index in [1.165, 1.54) is 36.6 Å². The Hall–Kier alpha value is -4.60. The van der Waals surface area contributed by atoms with E-state index < -0.39 is 23.8 Å². The molecule has 10 heteroatoms. The van der Waals surface area contributed by atoms with Crippen LogP contribution in [-0.2, 0) is 11.3 Å². The van der Waals surface area contributed by atoms with Gasteiger partial charge in [0.25, 0.3) is 17.7 Å². The summed E-state index contributed by atoms with van der Waals surface area (Å²) in [5.41, 5.74) is 2.25. The molecule has 0 bridgehead atoms. The van der Waals surface area contributed by atoms with Gasteiger partial charge in [-0.3, -0.25) is 14.4 Å². The van der Waals surface area contributed by atoms with E-state index in [4.69, 9.17) is 4.42 Å². The normalized spacial score (nSPS) is 11.4. The first-order valence-corrected chi connectivity index (χ1v) is 10.7. The number of phenols is 1. The summed E-state index contributed by atoms with van der Waals surface area (Å²) in [5.74, 6) is -2.83. The van der Waals surface area contributed by atoms with Gasteiger partial charge in [0.15, 0.2) is 5.76 Å². The summed E-state index contributed by atoms with van der Waals surface area (Å²) in [6.07, 6.45) is 1.31. The van der Waals surface area contributed by atoms with Crippen LogP contribution in [0.15, 0.2) is 59.2 Å². The summed E-state index contributed by atoms with van der Waals surface area (Å²) in [4.78, 5) is 49.1. The smallest absolute Gasteiger partial charge is 0.328 e. The number of carbonyl (C=O) groups excluding carboxylic acids is 3. The molecular weight excluding hydrogens is 454 g/mol. The molecule has 0 spiro atoms. The first-order valence-electron chi connectivity index (χ1n) is 10.7. The lowest BCUT2D eigenvalue weighted by Crippen LogP contribution is -2.48. The Morgan fingerprint density at radius 1 is 0.914 bits per heavy atom. The lowest BCUT2D eigenvalue weighted by molar-refractivity contribution is -0.139. The first kappa shape index (κ1) is 25.0. The molecular formula is C25H25N3O7. The number of aryl methyl sites for hydroxylation is 2. The summed E-state index contributed by atoms with van der Waals surface area (Å²) < 4.78 is 4.96. The van der Waals surface area contributed by atoms with E-state index >= 15 is 0 Å². The van der Waals surface area contributed by atoms with Gasteiger partial charge in [-0.15, -0.1) is 0 Å². The molecule has 35 heavy (non-hydrogen) atoms. The van der Waals surface area contributed by atoms with Crippen molar-refractivity contribution in [3.63, 3.8) is 0 Å². The van der Waals surface area contributed by atoms with Gasteiger partial charge in [0.05, 0.1) is 6.26 Å². The Morgan fingerprint density at radius 3 is 2.23 bits per heavy atom. The number of carboxylic acid groups (broad SMARTS) is 1. The zero-order valence-corrected chi connectivity index (χ0v) is 19.1. The van der Waals surface area contributed by atoms with Crippen molar-refractivity contribution in [3.05, 3.63) is 88.4 Å². The lowest BCUT2D eigenvalue weighted by atomic mass is 9.98. The highest BCUT2D eigenvalue weighted by molar-refractivity contribution is 6.01. The second kappa shape index (κ2) is 11.0. The highest BCUT2D eigenvalue weighted by Gasteiger charge is 2.24. The van der Waals surface area contributed by atoms with E-state index in [1.54, 1.807) is 32.0 Å². The molecule has 0 saturated heterocycles. The molecule has 0 aliphatic carbocycles. The Morgan fingerprint density at radius 2 is 1.63 bits per heavy atom. The zero-order chi connectivity index (χ0) is 25.5. The van der Waals surface area contributed by atoms with Gasteiger partial charge >= 0.3 is 5.97 Å². The average molecular weight is 479 g/mol. The van der Waals surface area contributed by atoms with Gasteiger partial charge < -0.3 is 30.6 Å². The van der Waals surface area contributed by atoms with Crippen LogP contribution >= 0.6 is 0 Å². The van der Waals surface area contributed by atoms with E-state index in [0.29, 0.717) is 16.7 Å². The highest BCUT2D eigenvalue weighted by atomic mass is 16.4. The number of rotatable bonds is 9.